The summed E-state index contributed by atoms with van der Waals surface area (Å²) in [4.78, 5) is 11.9. The van der Waals surface area contributed by atoms with E-state index in [1.165, 1.54) is 25.0 Å². The number of aromatic nitrogens is 2. The number of hydrogen-bond acceptors (Lipinski definition) is 6. The van der Waals surface area contributed by atoms with Gasteiger partial charge in [-0.3, -0.25) is 0 Å². The minimum atomic E-state index is -0.577. The third-order valence-corrected chi connectivity index (χ3v) is 8.97. The molecule has 0 radical (unpaired) electrons. The number of fused-ring (bicyclic) bond motifs is 1. The highest BCUT2D eigenvalue weighted by atomic mass is 35.5. The van der Waals surface area contributed by atoms with Crippen molar-refractivity contribution < 1.29 is 8.78 Å². The summed E-state index contributed by atoms with van der Waals surface area (Å²) < 4.78 is 31.5. The van der Waals surface area contributed by atoms with Crippen LogP contribution in [0.15, 0.2) is 12.1 Å². The normalized spacial score (nSPS) is 16.1. The van der Waals surface area contributed by atoms with Gasteiger partial charge in [0.05, 0.1) is 20.7 Å². The summed E-state index contributed by atoms with van der Waals surface area (Å²) in [7, 11) is 0. The van der Waals surface area contributed by atoms with Crippen molar-refractivity contribution in [1.82, 2.24) is 9.97 Å². The van der Waals surface area contributed by atoms with Crippen molar-refractivity contribution >= 4 is 54.7 Å². The highest BCUT2D eigenvalue weighted by molar-refractivity contribution is 7.23. The third kappa shape index (κ3) is 3.36. The monoisotopic (exact) mass is 523 g/mol. The molecule has 4 aromatic rings. The molecule has 1 aliphatic carbocycles. The molecule has 36 heavy (non-hydrogen) atoms. The molecule has 2 aromatic heterocycles. The van der Waals surface area contributed by atoms with Gasteiger partial charge >= 0.3 is 0 Å². The van der Waals surface area contributed by atoms with Crippen LogP contribution < -0.4 is 10.6 Å². The molecule has 3 heterocycles. The minimum absolute atomic E-state index is 0.135. The molecule has 5 nitrogen and oxygen atoms in total. The predicted molar refractivity (Wildman–Crippen MR) is 142 cm³/mol. The molecule has 0 spiro atoms. The standard InChI is InChI=1S/C27H24ClF2N5S/c1-2-18-33-24-21-15(8-5-11-35(27(21)34-18)13-6-3-4-7-13)22(28)20(23(24)30)14-9-10-17(29)25-19(14)16(12-31)26(32)36-25/h9-10,13H,2-8,11,32H2,1H3. The first-order valence-corrected chi connectivity index (χ1v) is 13.5. The lowest BCUT2D eigenvalue weighted by molar-refractivity contribution is 0.589. The summed E-state index contributed by atoms with van der Waals surface area (Å²) in [5.41, 5.74) is 7.71. The fourth-order valence-corrected chi connectivity index (χ4v) is 7.18. The number of anilines is 2. The van der Waals surface area contributed by atoms with Gasteiger partial charge in [0.1, 0.15) is 34.0 Å². The van der Waals surface area contributed by atoms with Crippen LogP contribution in [0.2, 0.25) is 5.02 Å². The number of halogens is 3. The lowest BCUT2D eigenvalue weighted by Gasteiger charge is -2.30. The van der Waals surface area contributed by atoms with Gasteiger partial charge < -0.3 is 10.6 Å². The van der Waals surface area contributed by atoms with E-state index in [2.05, 4.69) is 16.0 Å². The molecule has 0 amide bonds. The van der Waals surface area contributed by atoms with Crippen molar-refractivity contribution in [3.8, 4) is 17.2 Å². The average molecular weight is 524 g/mol. The summed E-state index contributed by atoms with van der Waals surface area (Å²) in [6.07, 6.45) is 6.62. The van der Waals surface area contributed by atoms with Crippen molar-refractivity contribution in [1.29, 1.82) is 5.26 Å². The summed E-state index contributed by atoms with van der Waals surface area (Å²) in [5.74, 6) is 0.257. The van der Waals surface area contributed by atoms with Gasteiger partial charge in [0.15, 0.2) is 5.82 Å². The van der Waals surface area contributed by atoms with Gasteiger partial charge in [0, 0.05) is 30.0 Å². The van der Waals surface area contributed by atoms with Crippen LogP contribution in [0.1, 0.15) is 56.0 Å². The number of hydrogen-bond donors (Lipinski definition) is 1. The molecule has 0 unspecified atom stereocenters. The van der Waals surface area contributed by atoms with Gasteiger partial charge in [0.25, 0.3) is 0 Å². The SMILES string of the molecule is CCc1nc2c3c(c(Cl)c(-c4ccc(F)c5sc(N)c(C#N)c45)c(F)c3n1)CCCN2C1CCCC1. The van der Waals surface area contributed by atoms with E-state index in [1.54, 1.807) is 0 Å². The van der Waals surface area contributed by atoms with Gasteiger partial charge in [-0.2, -0.15) is 5.26 Å². The fourth-order valence-electron chi connectivity index (χ4n) is 5.86. The first-order chi connectivity index (χ1) is 17.4. The molecular formula is C27H24ClF2N5S. The molecule has 2 aliphatic rings. The lowest BCUT2D eigenvalue weighted by atomic mass is 9.93. The molecule has 9 heteroatoms. The van der Waals surface area contributed by atoms with Crippen molar-refractivity contribution in [2.24, 2.45) is 0 Å². The van der Waals surface area contributed by atoms with E-state index in [0.717, 1.165) is 48.5 Å². The number of nitrogen functional groups attached to an aromatic ring is 1. The molecule has 0 bridgehead atoms. The Labute approximate surface area is 216 Å². The minimum Gasteiger partial charge on any atom is -0.389 e. The zero-order valence-electron chi connectivity index (χ0n) is 19.8. The molecular weight excluding hydrogens is 500 g/mol. The van der Waals surface area contributed by atoms with Crippen LogP contribution in [-0.2, 0) is 12.8 Å². The topological polar surface area (TPSA) is 78.8 Å². The molecule has 184 valence electrons. The van der Waals surface area contributed by atoms with E-state index >= 15 is 4.39 Å². The number of nitrogens with two attached hydrogens (primary N) is 1. The Morgan fingerprint density at radius 2 is 1.97 bits per heavy atom. The number of benzene rings is 2. The Morgan fingerprint density at radius 1 is 1.19 bits per heavy atom. The Balaban J connectivity index is 1.71. The lowest BCUT2D eigenvalue weighted by Crippen LogP contribution is -2.34. The van der Waals surface area contributed by atoms with E-state index in [9.17, 15) is 9.65 Å². The van der Waals surface area contributed by atoms with E-state index in [-0.39, 0.29) is 31.4 Å². The number of nitrogens with zero attached hydrogens (tertiary/aromatic N) is 4. The first kappa shape index (κ1) is 23.4. The quantitative estimate of drug-likeness (QED) is 0.308. The van der Waals surface area contributed by atoms with E-state index in [0.29, 0.717) is 41.0 Å². The van der Waals surface area contributed by atoms with Gasteiger partial charge in [-0.1, -0.05) is 37.4 Å². The number of rotatable bonds is 3. The highest BCUT2D eigenvalue weighted by Gasteiger charge is 2.33. The number of thiophene rings is 1. The largest absolute Gasteiger partial charge is 0.389 e. The first-order valence-electron chi connectivity index (χ1n) is 12.3. The van der Waals surface area contributed by atoms with E-state index in [1.807, 2.05) is 6.92 Å². The predicted octanol–water partition coefficient (Wildman–Crippen LogP) is 7.15. The molecule has 1 aliphatic heterocycles. The molecule has 0 atom stereocenters. The Bertz CT molecular complexity index is 1590. The van der Waals surface area contributed by atoms with Crippen LogP contribution in [-0.4, -0.2) is 22.6 Å². The summed E-state index contributed by atoms with van der Waals surface area (Å²) in [5, 5.41) is 11.2. The summed E-state index contributed by atoms with van der Waals surface area (Å²) >= 11 is 8.00. The van der Waals surface area contributed by atoms with Crippen LogP contribution in [0.25, 0.3) is 32.1 Å². The van der Waals surface area contributed by atoms with Gasteiger partial charge in [-0.05, 0) is 42.9 Å². The maximum atomic E-state index is 16.6. The highest BCUT2D eigenvalue weighted by Crippen LogP contribution is 2.48. The van der Waals surface area contributed by atoms with Crippen molar-refractivity contribution in [2.45, 2.75) is 57.9 Å². The Hall–Kier alpha value is -3.02. The second kappa shape index (κ2) is 8.82. The molecule has 6 rings (SSSR count). The number of aryl methyl sites for hydroxylation is 2. The maximum absolute atomic E-state index is 16.6. The summed E-state index contributed by atoms with van der Waals surface area (Å²) in [6.45, 7) is 2.78. The van der Waals surface area contributed by atoms with Crippen LogP contribution in [0, 0.1) is 23.0 Å². The molecule has 1 fully saturated rings. The third-order valence-electron chi connectivity index (χ3n) is 7.53. The summed E-state index contributed by atoms with van der Waals surface area (Å²) in [6, 6.07) is 5.20. The van der Waals surface area contributed by atoms with Crippen molar-refractivity contribution in [3.63, 3.8) is 0 Å². The van der Waals surface area contributed by atoms with Crippen molar-refractivity contribution in [3.05, 3.63) is 45.7 Å². The van der Waals surface area contributed by atoms with E-state index in [4.69, 9.17) is 22.3 Å². The van der Waals surface area contributed by atoms with Gasteiger partial charge in [-0.25, -0.2) is 18.7 Å². The van der Waals surface area contributed by atoms with Crippen LogP contribution in [0.3, 0.4) is 0 Å². The molecule has 2 aromatic carbocycles. The van der Waals surface area contributed by atoms with Crippen molar-refractivity contribution in [2.75, 3.05) is 17.2 Å². The van der Waals surface area contributed by atoms with Crippen LogP contribution >= 0.6 is 22.9 Å². The zero-order valence-corrected chi connectivity index (χ0v) is 21.4. The Kier molecular flexibility index (Phi) is 5.73. The molecule has 0 saturated heterocycles. The van der Waals surface area contributed by atoms with Crippen LogP contribution in [0.4, 0.5) is 19.6 Å². The van der Waals surface area contributed by atoms with Crippen LogP contribution in [0.5, 0.6) is 0 Å². The zero-order chi connectivity index (χ0) is 25.1. The fraction of sp³-hybridized carbons (Fsp3) is 0.370. The second-order valence-corrected chi connectivity index (χ2v) is 10.9. The molecule has 2 N–H and O–H groups in total. The Morgan fingerprint density at radius 3 is 2.69 bits per heavy atom. The number of nitriles is 1. The van der Waals surface area contributed by atoms with Gasteiger partial charge in [0.2, 0.25) is 0 Å². The smallest absolute Gasteiger partial charge is 0.158 e. The van der Waals surface area contributed by atoms with Gasteiger partial charge in [-0.15, -0.1) is 11.3 Å². The second-order valence-electron chi connectivity index (χ2n) is 9.51. The average Bonchev–Trinajstić information content (AvgIpc) is 3.48. The maximum Gasteiger partial charge on any atom is 0.158 e. The molecule has 1 saturated carbocycles. The van der Waals surface area contributed by atoms with E-state index < -0.39 is 11.6 Å².